The molecular weight excluding hydrogens is 251 g/mol. The first-order valence-electron chi connectivity index (χ1n) is 7.16. The number of hydrogen-bond donors (Lipinski definition) is 0. The van der Waals surface area contributed by atoms with E-state index in [1.165, 1.54) is 12.8 Å². The smallest absolute Gasteiger partial charge is 0.126 e. The van der Waals surface area contributed by atoms with Crippen LogP contribution >= 0.6 is 0 Å². The summed E-state index contributed by atoms with van der Waals surface area (Å²) in [7, 11) is 0. The lowest BCUT2D eigenvalue weighted by molar-refractivity contribution is 0.0716. The van der Waals surface area contributed by atoms with Crippen molar-refractivity contribution in [3.05, 3.63) is 71.0 Å². The van der Waals surface area contributed by atoms with Gasteiger partial charge in [-0.2, -0.15) is 0 Å². The molecule has 0 spiro atoms. The van der Waals surface area contributed by atoms with Crippen LogP contribution in [0.15, 0.2) is 48.5 Å². The maximum atomic E-state index is 13.8. The first kappa shape index (κ1) is 13.3. The van der Waals surface area contributed by atoms with Crippen molar-refractivity contribution >= 4 is 0 Å². The molecule has 2 aromatic carbocycles. The van der Waals surface area contributed by atoms with Crippen LogP contribution in [0.2, 0.25) is 0 Å². The Kier molecular flexibility index (Phi) is 3.83. The number of halogens is 1. The lowest BCUT2D eigenvalue weighted by Gasteiger charge is -2.19. The van der Waals surface area contributed by atoms with Crippen molar-refractivity contribution in [1.82, 2.24) is 0 Å². The molecule has 0 amide bonds. The van der Waals surface area contributed by atoms with Crippen LogP contribution in [0.1, 0.15) is 35.6 Å². The Labute approximate surface area is 119 Å². The van der Waals surface area contributed by atoms with Crippen molar-refractivity contribution in [3.63, 3.8) is 0 Å². The molecule has 2 heteroatoms. The molecule has 1 aliphatic rings. The molecule has 2 aromatic rings. The molecule has 20 heavy (non-hydrogen) atoms. The molecule has 0 aromatic heterocycles. The van der Waals surface area contributed by atoms with Gasteiger partial charge in [0.1, 0.15) is 11.9 Å². The third kappa shape index (κ3) is 3.07. The number of benzene rings is 2. The molecule has 0 N–H and O–H groups in total. The van der Waals surface area contributed by atoms with E-state index in [-0.39, 0.29) is 11.9 Å². The monoisotopic (exact) mass is 270 g/mol. The Hall–Kier alpha value is -1.67. The van der Waals surface area contributed by atoms with Gasteiger partial charge in [-0.3, -0.25) is 0 Å². The van der Waals surface area contributed by atoms with Gasteiger partial charge in [-0.15, -0.1) is 0 Å². The van der Waals surface area contributed by atoms with Crippen molar-refractivity contribution < 1.29 is 9.13 Å². The van der Waals surface area contributed by atoms with E-state index in [4.69, 9.17) is 4.74 Å². The molecule has 104 valence electrons. The largest absolute Gasteiger partial charge is 0.368 e. The van der Waals surface area contributed by atoms with Crippen molar-refractivity contribution in [2.75, 3.05) is 6.61 Å². The summed E-state index contributed by atoms with van der Waals surface area (Å²) in [6.45, 7) is 2.54. The van der Waals surface area contributed by atoms with Gasteiger partial charge in [0, 0.05) is 0 Å². The van der Waals surface area contributed by atoms with Gasteiger partial charge in [-0.25, -0.2) is 4.39 Å². The molecule has 0 bridgehead atoms. The highest BCUT2D eigenvalue weighted by atomic mass is 19.1. The second-order valence-electron chi connectivity index (χ2n) is 5.58. The maximum Gasteiger partial charge on any atom is 0.126 e. The summed E-state index contributed by atoms with van der Waals surface area (Å²) in [5.41, 5.74) is 2.64. The molecule has 0 radical (unpaired) electrons. The van der Waals surface area contributed by atoms with Crippen LogP contribution in [0.25, 0.3) is 0 Å². The van der Waals surface area contributed by atoms with Gasteiger partial charge in [0.2, 0.25) is 0 Å². The first-order valence-corrected chi connectivity index (χ1v) is 7.16. The van der Waals surface area contributed by atoms with Crippen LogP contribution in [0.4, 0.5) is 4.39 Å². The normalized spacial score (nSPS) is 16.1. The fourth-order valence-electron chi connectivity index (χ4n) is 2.30. The Morgan fingerprint density at radius 1 is 1.10 bits per heavy atom. The molecule has 1 saturated carbocycles. The first-order chi connectivity index (χ1) is 9.74. The predicted octanol–water partition coefficient (Wildman–Crippen LogP) is 4.65. The lowest BCUT2D eigenvalue weighted by atomic mass is 10.00. The average molecular weight is 270 g/mol. The van der Waals surface area contributed by atoms with E-state index in [1.54, 1.807) is 13.0 Å². The molecule has 1 unspecified atom stereocenters. The molecular formula is C18H19FO. The third-order valence-corrected chi connectivity index (χ3v) is 3.80. The molecule has 3 rings (SSSR count). The summed E-state index contributed by atoms with van der Waals surface area (Å²) in [4.78, 5) is 0. The van der Waals surface area contributed by atoms with Gasteiger partial charge >= 0.3 is 0 Å². The number of aryl methyl sites for hydroxylation is 1. The van der Waals surface area contributed by atoms with E-state index < -0.39 is 0 Å². The molecule has 1 fully saturated rings. The second kappa shape index (κ2) is 5.76. The van der Waals surface area contributed by atoms with E-state index in [0.29, 0.717) is 11.5 Å². The minimum atomic E-state index is -0.174. The van der Waals surface area contributed by atoms with Crippen molar-refractivity contribution in [2.45, 2.75) is 25.9 Å². The van der Waals surface area contributed by atoms with Crippen LogP contribution in [-0.4, -0.2) is 6.61 Å². The van der Waals surface area contributed by atoms with Crippen molar-refractivity contribution in [1.29, 1.82) is 0 Å². The van der Waals surface area contributed by atoms with Crippen molar-refractivity contribution in [2.24, 2.45) is 5.92 Å². The topological polar surface area (TPSA) is 9.23 Å². The highest BCUT2D eigenvalue weighted by molar-refractivity contribution is 5.32. The molecule has 0 heterocycles. The second-order valence-corrected chi connectivity index (χ2v) is 5.58. The number of hydrogen-bond acceptors (Lipinski definition) is 1. The van der Waals surface area contributed by atoms with E-state index in [9.17, 15) is 4.39 Å². The van der Waals surface area contributed by atoms with Crippen LogP contribution < -0.4 is 0 Å². The highest BCUT2D eigenvalue weighted by Gasteiger charge is 2.24. The van der Waals surface area contributed by atoms with E-state index in [2.05, 4.69) is 0 Å². The Bertz CT molecular complexity index is 575. The Balaban J connectivity index is 1.88. The average Bonchev–Trinajstić information content (AvgIpc) is 3.28. The summed E-state index contributed by atoms with van der Waals surface area (Å²) in [6.07, 6.45) is 2.33. The summed E-state index contributed by atoms with van der Waals surface area (Å²) < 4.78 is 19.9. The standard InChI is InChI=1S/C18H19FO/c1-13-7-10-16(11-17(13)19)18(20-12-14-8-9-14)15-5-3-2-4-6-15/h2-7,10-11,14,18H,8-9,12H2,1H3. The molecule has 1 aliphatic carbocycles. The van der Waals surface area contributed by atoms with E-state index in [1.807, 2.05) is 42.5 Å². The summed E-state index contributed by atoms with van der Waals surface area (Å²) in [6, 6.07) is 15.4. The van der Waals surface area contributed by atoms with E-state index >= 15 is 0 Å². The lowest BCUT2D eigenvalue weighted by Crippen LogP contribution is -2.09. The molecule has 0 saturated heterocycles. The number of rotatable bonds is 5. The van der Waals surface area contributed by atoms with Crippen LogP contribution in [0.3, 0.4) is 0 Å². The zero-order valence-corrected chi connectivity index (χ0v) is 11.7. The fourth-order valence-corrected chi connectivity index (χ4v) is 2.30. The zero-order valence-electron chi connectivity index (χ0n) is 11.7. The third-order valence-electron chi connectivity index (χ3n) is 3.80. The van der Waals surface area contributed by atoms with Gasteiger partial charge < -0.3 is 4.74 Å². The summed E-state index contributed by atoms with van der Waals surface area (Å²) in [5.74, 6) is 0.523. The summed E-state index contributed by atoms with van der Waals surface area (Å²) >= 11 is 0. The van der Waals surface area contributed by atoms with Crippen molar-refractivity contribution in [3.8, 4) is 0 Å². The summed E-state index contributed by atoms with van der Waals surface area (Å²) in [5, 5.41) is 0. The predicted molar refractivity (Wildman–Crippen MR) is 78.1 cm³/mol. The molecule has 0 aliphatic heterocycles. The highest BCUT2D eigenvalue weighted by Crippen LogP contribution is 2.33. The SMILES string of the molecule is Cc1ccc(C(OCC2CC2)c2ccccc2)cc1F. The molecule has 1 nitrogen and oxygen atoms in total. The van der Waals surface area contributed by atoms with Crippen LogP contribution in [-0.2, 0) is 4.74 Å². The Morgan fingerprint density at radius 2 is 1.85 bits per heavy atom. The van der Waals surface area contributed by atoms with Gasteiger partial charge in [0.05, 0.1) is 6.61 Å². The van der Waals surface area contributed by atoms with Gasteiger partial charge in [-0.05, 0) is 48.4 Å². The minimum absolute atomic E-state index is 0.168. The van der Waals surface area contributed by atoms with Gasteiger partial charge in [0.25, 0.3) is 0 Å². The Morgan fingerprint density at radius 3 is 2.50 bits per heavy atom. The van der Waals surface area contributed by atoms with Gasteiger partial charge in [0.15, 0.2) is 0 Å². The number of ether oxygens (including phenoxy) is 1. The fraction of sp³-hybridized carbons (Fsp3) is 0.333. The van der Waals surface area contributed by atoms with Gasteiger partial charge in [-0.1, -0.05) is 42.5 Å². The molecule has 1 atom stereocenters. The quantitative estimate of drug-likeness (QED) is 0.768. The minimum Gasteiger partial charge on any atom is -0.368 e. The van der Waals surface area contributed by atoms with E-state index in [0.717, 1.165) is 17.7 Å². The van der Waals surface area contributed by atoms with Crippen LogP contribution in [0.5, 0.6) is 0 Å². The zero-order chi connectivity index (χ0) is 13.9. The van der Waals surface area contributed by atoms with Crippen LogP contribution in [0, 0.1) is 18.7 Å². The maximum absolute atomic E-state index is 13.8.